The largest absolute Gasteiger partial charge is 0.326 e. The summed E-state index contributed by atoms with van der Waals surface area (Å²) in [6, 6.07) is 4.74. The van der Waals surface area contributed by atoms with Crippen molar-refractivity contribution in [2.75, 3.05) is 38.0 Å². The highest BCUT2D eigenvalue weighted by Crippen LogP contribution is 2.27. The van der Waals surface area contributed by atoms with Crippen LogP contribution in [0.5, 0.6) is 0 Å². The number of hydrogen-bond acceptors (Lipinski definition) is 5. The van der Waals surface area contributed by atoms with Gasteiger partial charge in [-0.05, 0) is 30.7 Å². The van der Waals surface area contributed by atoms with Crippen LogP contribution in [-0.4, -0.2) is 62.0 Å². The molecule has 1 N–H and O–H groups in total. The predicted octanol–water partition coefficient (Wildman–Crippen LogP) is 0.0765. The lowest BCUT2D eigenvalue weighted by atomic mass is 10.2. The van der Waals surface area contributed by atoms with Gasteiger partial charge in [-0.3, -0.25) is 14.5 Å². The predicted molar refractivity (Wildman–Crippen MR) is 84.7 cm³/mol. The second-order valence-electron chi connectivity index (χ2n) is 5.93. The van der Waals surface area contributed by atoms with Gasteiger partial charge in [0.2, 0.25) is 15.9 Å². The van der Waals surface area contributed by atoms with Crippen molar-refractivity contribution in [3.8, 4) is 0 Å². The third kappa shape index (κ3) is 3.29. The molecule has 1 fully saturated rings. The van der Waals surface area contributed by atoms with E-state index in [9.17, 15) is 18.0 Å². The normalized spacial score (nSPS) is 19.4. The second kappa shape index (κ2) is 6.03. The van der Waals surface area contributed by atoms with Gasteiger partial charge in [-0.25, -0.2) is 8.42 Å². The zero-order chi connectivity index (χ0) is 16.6. The van der Waals surface area contributed by atoms with E-state index >= 15 is 0 Å². The van der Waals surface area contributed by atoms with Crippen LogP contribution in [0, 0.1) is 0 Å². The van der Waals surface area contributed by atoms with Crippen LogP contribution in [0.3, 0.4) is 0 Å². The summed E-state index contributed by atoms with van der Waals surface area (Å²) >= 11 is 0. The van der Waals surface area contributed by atoms with Crippen LogP contribution in [0.2, 0.25) is 0 Å². The highest BCUT2D eigenvalue weighted by Gasteiger charge is 2.30. The Kier molecular flexibility index (Phi) is 4.22. The first-order valence-electron chi connectivity index (χ1n) is 7.51. The molecule has 0 atom stereocenters. The number of rotatable bonds is 4. The first-order valence-corrected chi connectivity index (χ1v) is 8.95. The van der Waals surface area contributed by atoms with Crippen molar-refractivity contribution < 1.29 is 18.0 Å². The van der Waals surface area contributed by atoms with Crippen LogP contribution >= 0.6 is 0 Å². The molecule has 0 unspecified atom stereocenters. The second-order valence-corrected chi connectivity index (χ2v) is 7.86. The van der Waals surface area contributed by atoms with E-state index in [1.165, 1.54) is 17.3 Å². The van der Waals surface area contributed by atoms with E-state index in [1.807, 2.05) is 4.90 Å². The van der Waals surface area contributed by atoms with Gasteiger partial charge >= 0.3 is 0 Å². The molecule has 0 aliphatic carbocycles. The van der Waals surface area contributed by atoms with Crippen molar-refractivity contribution in [1.82, 2.24) is 9.21 Å². The maximum absolute atomic E-state index is 12.7. The summed E-state index contributed by atoms with van der Waals surface area (Å²) in [6.45, 7) is 3.71. The van der Waals surface area contributed by atoms with E-state index in [0.29, 0.717) is 44.0 Å². The summed E-state index contributed by atoms with van der Waals surface area (Å²) in [7, 11) is -3.57. The third-order valence-electron chi connectivity index (χ3n) is 4.12. The van der Waals surface area contributed by atoms with Crippen LogP contribution in [-0.2, 0) is 26.0 Å². The van der Waals surface area contributed by atoms with Gasteiger partial charge in [0.1, 0.15) is 5.78 Å². The number of sulfonamides is 1. The number of carbonyl (C=O) groups excluding carboxylic acids is 2. The summed E-state index contributed by atoms with van der Waals surface area (Å²) < 4.78 is 26.9. The number of fused-ring (bicyclic) bond motifs is 1. The van der Waals surface area contributed by atoms with Crippen molar-refractivity contribution in [2.24, 2.45) is 0 Å². The minimum atomic E-state index is -3.57. The number of anilines is 1. The van der Waals surface area contributed by atoms with Gasteiger partial charge in [0, 0.05) is 31.9 Å². The SMILES string of the molecule is CC(=O)CN1CCN(S(=O)(=O)c2ccc3c(c2)CC(=O)N3)CC1. The zero-order valence-corrected chi connectivity index (χ0v) is 13.7. The number of nitrogens with zero attached hydrogens (tertiary/aromatic N) is 2. The molecule has 124 valence electrons. The minimum absolute atomic E-state index is 0.0806. The minimum Gasteiger partial charge on any atom is -0.326 e. The fourth-order valence-electron chi connectivity index (χ4n) is 2.96. The van der Waals surface area contributed by atoms with E-state index in [4.69, 9.17) is 0 Å². The molecule has 2 aliphatic heterocycles. The third-order valence-corrected chi connectivity index (χ3v) is 6.01. The average molecular weight is 337 g/mol. The lowest BCUT2D eigenvalue weighted by Gasteiger charge is -2.33. The van der Waals surface area contributed by atoms with E-state index in [0.717, 1.165) is 0 Å². The molecule has 1 aromatic rings. The Morgan fingerprint density at radius 3 is 2.57 bits per heavy atom. The lowest BCUT2D eigenvalue weighted by molar-refractivity contribution is -0.118. The first-order chi connectivity index (χ1) is 10.9. The van der Waals surface area contributed by atoms with E-state index < -0.39 is 10.0 Å². The maximum atomic E-state index is 12.7. The first kappa shape index (κ1) is 16.1. The summed E-state index contributed by atoms with van der Waals surface area (Å²) in [4.78, 5) is 24.7. The Labute approximate surface area is 135 Å². The van der Waals surface area contributed by atoms with Crippen LogP contribution < -0.4 is 5.32 Å². The molecule has 2 heterocycles. The quantitative estimate of drug-likeness (QED) is 0.841. The van der Waals surface area contributed by atoms with E-state index in [2.05, 4.69) is 5.32 Å². The molecule has 0 spiro atoms. The number of nitrogens with one attached hydrogen (secondary N) is 1. The highest BCUT2D eigenvalue weighted by molar-refractivity contribution is 7.89. The van der Waals surface area contributed by atoms with Crippen molar-refractivity contribution in [2.45, 2.75) is 18.2 Å². The number of ketones is 1. The van der Waals surface area contributed by atoms with Crippen molar-refractivity contribution in [1.29, 1.82) is 0 Å². The fourth-order valence-corrected chi connectivity index (χ4v) is 4.43. The lowest BCUT2D eigenvalue weighted by Crippen LogP contribution is -2.49. The Balaban J connectivity index is 1.74. The van der Waals surface area contributed by atoms with Gasteiger partial charge in [0.25, 0.3) is 0 Å². The van der Waals surface area contributed by atoms with Crippen LogP contribution in [0.15, 0.2) is 23.1 Å². The number of amides is 1. The molecule has 1 saturated heterocycles. The molecule has 8 heteroatoms. The molecule has 0 bridgehead atoms. The van der Waals surface area contributed by atoms with Gasteiger partial charge in [-0.15, -0.1) is 0 Å². The molecule has 2 aliphatic rings. The van der Waals surface area contributed by atoms with Crippen molar-refractivity contribution in [3.05, 3.63) is 23.8 Å². The standard InChI is InChI=1S/C15H19N3O4S/c1-11(19)10-17-4-6-18(7-5-17)23(21,22)13-2-3-14-12(8-13)9-15(20)16-14/h2-3,8H,4-7,9-10H2,1H3,(H,16,20). The topological polar surface area (TPSA) is 86.8 Å². The van der Waals surface area contributed by atoms with Crippen molar-refractivity contribution in [3.63, 3.8) is 0 Å². The number of piperazine rings is 1. The molecule has 0 aromatic heterocycles. The number of benzene rings is 1. The smallest absolute Gasteiger partial charge is 0.243 e. The monoisotopic (exact) mass is 337 g/mol. The zero-order valence-electron chi connectivity index (χ0n) is 12.9. The average Bonchev–Trinajstić information content (AvgIpc) is 2.86. The van der Waals surface area contributed by atoms with Gasteiger partial charge < -0.3 is 5.32 Å². The molecule has 1 aromatic carbocycles. The molecule has 7 nitrogen and oxygen atoms in total. The Morgan fingerprint density at radius 1 is 1.22 bits per heavy atom. The molecule has 0 radical (unpaired) electrons. The summed E-state index contributed by atoms with van der Waals surface area (Å²) in [6.07, 6.45) is 0.213. The van der Waals surface area contributed by atoms with Gasteiger partial charge in [-0.2, -0.15) is 4.31 Å². The molecular formula is C15H19N3O4S. The summed E-state index contributed by atoms with van der Waals surface area (Å²) in [5.41, 5.74) is 1.39. The highest BCUT2D eigenvalue weighted by atomic mass is 32.2. The molecule has 1 amide bonds. The molecule has 23 heavy (non-hydrogen) atoms. The number of carbonyl (C=O) groups is 2. The van der Waals surface area contributed by atoms with Crippen LogP contribution in [0.4, 0.5) is 5.69 Å². The number of Topliss-reactive ketones (excluding diaryl/α,β-unsaturated/α-hetero) is 1. The van der Waals surface area contributed by atoms with E-state index in [-0.39, 0.29) is 23.0 Å². The summed E-state index contributed by atoms with van der Waals surface area (Å²) in [5, 5.41) is 2.69. The Morgan fingerprint density at radius 2 is 1.91 bits per heavy atom. The maximum Gasteiger partial charge on any atom is 0.243 e. The van der Waals surface area contributed by atoms with Crippen molar-refractivity contribution >= 4 is 27.4 Å². The van der Waals surface area contributed by atoms with E-state index in [1.54, 1.807) is 12.1 Å². The van der Waals surface area contributed by atoms with Crippen LogP contribution in [0.25, 0.3) is 0 Å². The van der Waals surface area contributed by atoms with Crippen LogP contribution in [0.1, 0.15) is 12.5 Å². The van der Waals surface area contributed by atoms with Gasteiger partial charge in [-0.1, -0.05) is 0 Å². The molecule has 3 rings (SSSR count). The number of hydrogen-bond donors (Lipinski definition) is 1. The Bertz CT molecular complexity index is 752. The van der Waals surface area contributed by atoms with Gasteiger partial charge in [0.15, 0.2) is 0 Å². The molecule has 0 saturated carbocycles. The Hall–Kier alpha value is -1.77. The molecular weight excluding hydrogens is 318 g/mol. The summed E-state index contributed by atoms with van der Waals surface area (Å²) in [5.74, 6) is -0.0375. The fraction of sp³-hybridized carbons (Fsp3) is 0.467. The van der Waals surface area contributed by atoms with Gasteiger partial charge in [0.05, 0.1) is 17.9 Å².